The Morgan fingerprint density at radius 1 is 1.23 bits per heavy atom. The molecule has 0 bridgehead atoms. The summed E-state index contributed by atoms with van der Waals surface area (Å²) in [4.78, 5) is 24.5. The van der Waals surface area contributed by atoms with Gasteiger partial charge in [-0.25, -0.2) is 9.97 Å². The number of fused-ring (bicyclic) bond motifs is 1. The van der Waals surface area contributed by atoms with Crippen LogP contribution in [-0.4, -0.2) is 37.8 Å². The molecule has 30 heavy (non-hydrogen) atoms. The molecule has 0 aliphatic rings. The molecule has 4 aromatic rings. The first-order valence-electron chi connectivity index (χ1n) is 9.36. The number of carbonyl (C=O) groups excluding carboxylic acids is 1. The molecule has 4 rings (SSSR count). The molecule has 0 aliphatic heterocycles. The highest BCUT2D eigenvalue weighted by molar-refractivity contribution is 6.30. The van der Waals surface area contributed by atoms with Crippen LogP contribution in [0.3, 0.4) is 0 Å². The molecular weight excluding hydrogens is 402 g/mol. The highest BCUT2D eigenvalue weighted by Crippen LogP contribution is 2.20. The van der Waals surface area contributed by atoms with E-state index in [0.29, 0.717) is 34.3 Å². The van der Waals surface area contributed by atoms with Crippen molar-refractivity contribution in [1.29, 1.82) is 5.41 Å². The molecule has 0 saturated heterocycles. The monoisotopic (exact) mass is 421 g/mol. The number of hydrogen-bond acceptors (Lipinski definition) is 4. The zero-order chi connectivity index (χ0) is 21.1. The summed E-state index contributed by atoms with van der Waals surface area (Å²) in [6, 6.07) is 12.9. The summed E-state index contributed by atoms with van der Waals surface area (Å²) >= 11 is 5.89. The van der Waals surface area contributed by atoms with Crippen LogP contribution in [0, 0.1) is 5.41 Å². The number of carbonyl (C=O) groups is 1. The Labute approximate surface area is 177 Å². The van der Waals surface area contributed by atoms with Crippen LogP contribution >= 0.6 is 11.6 Å². The summed E-state index contributed by atoms with van der Waals surface area (Å²) in [5, 5.41) is 11.2. The third kappa shape index (κ3) is 4.33. The fourth-order valence-corrected chi connectivity index (χ4v) is 3.27. The van der Waals surface area contributed by atoms with Gasteiger partial charge in [0.2, 0.25) is 5.91 Å². The second-order valence-electron chi connectivity index (χ2n) is 6.84. The Morgan fingerprint density at radius 2 is 2.03 bits per heavy atom. The summed E-state index contributed by atoms with van der Waals surface area (Å²) in [5.41, 5.74) is 8.74. The molecule has 1 amide bonds. The van der Waals surface area contributed by atoms with Crippen molar-refractivity contribution >= 4 is 34.4 Å². The molecule has 8 nitrogen and oxygen atoms in total. The minimum absolute atomic E-state index is 0.0155. The Morgan fingerprint density at radius 3 is 2.80 bits per heavy atom. The van der Waals surface area contributed by atoms with E-state index in [1.54, 1.807) is 29.1 Å². The maximum atomic E-state index is 12.4. The lowest BCUT2D eigenvalue weighted by Crippen LogP contribution is -2.29. The van der Waals surface area contributed by atoms with E-state index < -0.39 is 0 Å². The van der Waals surface area contributed by atoms with E-state index in [2.05, 4.69) is 20.3 Å². The first-order valence-corrected chi connectivity index (χ1v) is 9.74. The highest BCUT2D eigenvalue weighted by Gasteiger charge is 2.14. The first-order chi connectivity index (χ1) is 14.5. The fourth-order valence-electron chi connectivity index (χ4n) is 3.14. The second kappa shape index (κ2) is 8.38. The van der Waals surface area contributed by atoms with Crippen molar-refractivity contribution in [2.24, 2.45) is 5.73 Å². The van der Waals surface area contributed by atoms with Gasteiger partial charge in [0.1, 0.15) is 12.4 Å². The number of amides is 1. The highest BCUT2D eigenvalue weighted by atomic mass is 35.5. The van der Waals surface area contributed by atoms with Crippen LogP contribution in [0.5, 0.6) is 0 Å². The number of aromatic amines is 1. The van der Waals surface area contributed by atoms with Crippen LogP contribution in [0.15, 0.2) is 54.9 Å². The van der Waals surface area contributed by atoms with Crippen LogP contribution in [0.1, 0.15) is 11.1 Å². The van der Waals surface area contributed by atoms with Crippen molar-refractivity contribution in [3.05, 3.63) is 71.0 Å². The fraction of sp³-hybridized carbons (Fsp3) is 0.143. The second-order valence-corrected chi connectivity index (χ2v) is 7.27. The lowest BCUT2D eigenvalue weighted by atomic mass is 10.1. The Kier molecular flexibility index (Phi) is 5.49. The summed E-state index contributed by atoms with van der Waals surface area (Å²) in [7, 11) is 0. The summed E-state index contributed by atoms with van der Waals surface area (Å²) in [6.07, 6.45) is 4.09. The molecule has 0 unspecified atom stereocenters. The number of nitrogens with one attached hydrogen (secondary N) is 3. The van der Waals surface area contributed by atoms with Crippen molar-refractivity contribution < 1.29 is 4.79 Å². The number of aromatic nitrogens is 4. The Hall–Kier alpha value is -3.65. The average Bonchev–Trinajstić information content (AvgIpc) is 3.35. The van der Waals surface area contributed by atoms with E-state index in [1.807, 2.05) is 30.3 Å². The van der Waals surface area contributed by atoms with E-state index in [0.717, 1.165) is 17.5 Å². The van der Waals surface area contributed by atoms with Crippen LogP contribution < -0.4 is 11.1 Å². The van der Waals surface area contributed by atoms with Crippen LogP contribution in [-0.2, 0) is 17.8 Å². The number of halogens is 1. The number of H-pyrrole nitrogens is 1. The molecule has 2 heterocycles. The van der Waals surface area contributed by atoms with Gasteiger partial charge in [0, 0.05) is 29.5 Å². The van der Waals surface area contributed by atoms with Gasteiger partial charge >= 0.3 is 0 Å². The number of imidazole rings is 2. The van der Waals surface area contributed by atoms with Gasteiger partial charge < -0.3 is 20.6 Å². The quantitative estimate of drug-likeness (QED) is 0.270. The molecule has 0 saturated carbocycles. The van der Waals surface area contributed by atoms with Gasteiger partial charge in [-0.1, -0.05) is 23.7 Å². The number of nitrogen functional groups attached to an aromatic ring is 1. The summed E-state index contributed by atoms with van der Waals surface area (Å²) < 4.78 is 1.74. The molecule has 2 aromatic carbocycles. The maximum Gasteiger partial charge on any atom is 0.240 e. The molecule has 9 heteroatoms. The first kappa shape index (κ1) is 19.7. The molecule has 0 aliphatic carbocycles. The summed E-state index contributed by atoms with van der Waals surface area (Å²) in [6.45, 7) is 0.661. The molecular formula is C21H20ClN7O. The smallest absolute Gasteiger partial charge is 0.240 e. The topological polar surface area (TPSA) is 125 Å². The van der Waals surface area contributed by atoms with Crippen LogP contribution in [0.4, 0.5) is 0 Å². The van der Waals surface area contributed by atoms with Crippen LogP contribution in [0.25, 0.3) is 22.7 Å². The van der Waals surface area contributed by atoms with Crippen molar-refractivity contribution in [3.8, 4) is 11.6 Å². The largest absolute Gasteiger partial charge is 0.384 e. The standard InChI is InChI=1S/C21H20ClN7O/c22-15-4-1-13(2-5-15)7-8-25-18(30)12-29-10-9-26-21(29)20-27-16-6-3-14(19(23)24)11-17(16)28-20/h1-6,9-11H,7-8,12H2,(H3,23,24)(H,25,30)(H,27,28). The zero-order valence-electron chi connectivity index (χ0n) is 16.0. The van der Waals surface area contributed by atoms with Crippen molar-refractivity contribution in [3.63, 3.8) is 0 Å². The van der Waals surface area contributed by atoms with Crippen LogP contribution in [0.2, 0.25) is 5.02 Å². The Balaban J connectivity index is 1.42. The third-order valence-electron chi connectivity index (χ3n) is 4.68. The minimum Gasteiger partial charge on any atom is -0.384 e. The molecule has 0 atom stereocenters. The normalized spacial score (nSPS) is 11.0. The molecule has 0 fully saturated rings. The minimum atomic E-state index is -0.113. The van der Waals surface area contributed by atoms with E-state index >= 15 is 0 Å². The lowest BCUT2D eigenvalue weighted by molar-refractivity contribution is -0.121. The molecule has 0 spiro atoms. The SMILES string of the molecule is N=C(N)c1ccc2[nH]c(-c3nccn3CC(=O)NCCc3ccc(Cl)cc3)nc2c1. The van der Waals surface area contributed by atoms with E-state index in [9.17, 15) is 4.79 Å². The molecule has 5 N–H and O–H groups in total. The predicted octanol–water partition coefficient (Wildman–Crippen LogP) is 2.72. The zero-order valence-corrected chi connectivity index (χ0v) is 16.8. The maximum absolute atomic E-state index is 12.4. The van der Waals surface area contributed by atoms with Crippen molar-refractivity contribution in [2.45, 2.75) is 13.0 Å². The lowest BCUT2D eigenvalue weighted by Gasteiger charge is -2.08. The summed E-state index contributed by atoms with van der Waals surface area (Å²) in [5.74, 6) is 0.976. The molecule has 2 aromatic heterocycles. The van der Waals surface area contributed by atoms with Gasteiger partial charge in [0.05, 0.1) is 11.0 Å². The third-order valence-corrected chi connectivity index (χ3v) is 4.94. The average molecular weight is 422 g/mol. The van der Waals surface area contributed by atoms with Gasteiger partial charge in [0.25, 0.3) is 0 Å². The number of benzene rings is 2. The van der Waals surface area contributed by atoms with Crippen molar-refractivity contribution in [1.82, 2.24) is 24.8 Å². The number of nitrogens with zero attached hydrogens (tertiary/aromatic N) is 3. The van der Waals surface area contributed by atoms with E-state index in [-0.39, 0.29) is 18.3 Å². The number of rotatable bonds is 7. The predicted molar refractivity (Wildman–Crippen MR) is 116 cm³/mol. The van der Waals surface area contributed by atoms with E-state index in [1.165, 1.54) is 0 Å². The van der Waals surface area contributed by atoms with Gasteiger partial charge in [-0.2, -0.15) is 0 Å². The molecule has 152 valence electrons. The van der Waals surface area contributed by atoms with Gasteiger partial charge in [-0.05, 0) is 42.3 Å². The van der Waals surface area contributed by atoms with Gasteiger partial charge in [0.15, 0.2) is 11.6 Å². The van der Waals surface area contributed by atoms with Gasteiger partial charge in [-0.3, -0.25) is 10.2 Å². The number of amidine groups is 1. The molecule has 0 radical (unpaired) electrons. The van der Waals surface area contributed by atoms with Gasteiger partial charge in [-0.15, -0.1) is 0 Å². The van der Waals surface area contributed by atoms with E-state index in [4.69, 9.17) is 22.7 Å². The number of hydrogen-bond donors (Lipinski definition) is 4. The van der Waals surface area contributed by atoms with Crippen molar-refractivity contribution in [2.75, 3.05) is 6.54 Å². The Bertz CT molecular complexity index is 1210. The number of nitrogens with two attached hydrogens (primary N) is 1.